The third kappa shape index (κ3) is 3.09. The molecule has 1 N–H and O–H groups in total. The predicted molar refractivity (Wildman–Crippen MR) is 63.4 cm³/mol. The van der Waals surface area contributed by atoms with Gasteiger partial charge in [-0.05, 0) is 31.0 Å². The molecule has 0 aromatic heterocycles. The van der Waals surface area contributed by atoms with Gasteiger partial charge in [-0.2, -0.15) is 0 Å². The molecule has 20 heavy (non-hydrogen) atoms. The average molecular weight is 287 g/mol. The number of benzene rings is 1. The molecule has 0 spiro atoms. The van der Waals surface area contributed by atoms with E-state index in [0.29, 0.717) is 18.9 Å². The van der Waals surface area contributed by atoms with Crippen molar-refractivity contribution in [2.45, 2.75) is 25.3 Å². The summed E-state index contributed by atoms with van der Waals surface area (Å²) < 4.78 is 38.7. The summed E-state index contributed by atoms with van der Waals surface area (Å²) in [5, 5.41) is 8.70. The third-order valence-electron chi connectivity index (χ3n) is 3.03. The number of carbonyl (C=O) groups excluding carboxylic acids is 1. The Bertz CT molecular complexity index is 544. The van der Waals surface area contributed by atoms with Crippen molar-refractivity contribution in [2.75, 3.05) is 6.54 Å². The van der Waals surface area contributed by atoms with E-state index in [-0.39, 0.29) is 17.2 Å². The molecule has 0 radical (unpaired) electrons. The van der Waals surface area contributed by atoms with Gasteiger partial charge < -0.3 is 10.0 Å². The Labute approximate surface area is 112 Å². The predicted octanol–water partition coefficient (Wildman–Crippen LogP) is 2.39. The van der Waals surface area contributed by atoms with Gasteiger partial charge in [0, 0.05) is 6.04 Å². The van der Waals surface area contributed by atoms with E-state index in [2.05, 4.69) is 0 Å². The van der Waals surface area contributed by atoms with Crippen LogP contribution in [0.3, 0.4) is 0 Å². The Kier molecular flexibility index (Phi) is 3.96. The van der Waals surface area contributed by atoms with Gasteiger partial charge in [0.15, 0.2) is 0 Å². The van der Waals surface area contributed by atoms with Crippen LogP contribution in [0.1, 0.15) is 33.6 Å². The molecule has 1 saturated carbocycles. The van der Waals surface area contributed by atoms with Crippen molar-refractivity contribution in [3.05, 3.63) is 35.1 Å². The van der Waals surface area contributed by atoms with Crippen LogP contribution in [0.4, 0.5) is 13.2 Å². The highest BCUT2D eigenvalue weighted by Crippen LogP contribution is 2.29. The minimum absolute atomic E-state index is 0.282. The highest BCUT2D eigenvalue weighted by Gasteiger charge is 2.35. The lowest BCUT2D eigenvalue weighted by molar-refractivity contribution is 0.0529. The summed E-state index contributed by atoms with van der Waals surface area (Å²) in [5.74, 6) is -3.17. The molecular formula is C13H12F3NO3. The van der Waals surface area contributed by atoms with Gasteiger partial charge in [-0.15, -0.1) is 0 Å². The highest BCUT2D eigenvalue weighted by molar-refractivity contribution is 5.96. The zero-order chi connectivity index (χ0) is 14.9. The number of carbonyl (C=O) groups is 2. The van der Waals surface area contributed by atoms with E-state index in [1.807, 2.05) is 0 Å². The largest absolute Gasteiger partial charge is 0.478 e. The van der Waals surface area contributed by atoms with Crippen LogP contribution in [-0.2, 0) is 0 Å². The Morgan fingerprint density at radius 2 is 2.00 bits per heavy atom. The Hall–Kier alpha value is -2.05. The molecule has 0 aliphatic heterocycles. The first kappa shape index (κ1) is 14.4. The maximum absolute atomic E-state index is 13.7. The second-order valence-electron chi connectivity index (χ2n) is 4.58. The number of hydrogen-bond donors (Lipinski definition) is 1. The number of carboxylic acids is 1. The molecule has 0 bridgehead atoms. The maximum atomic E-state index is 13.7. The summed E-state index contributed by atoms with van der Waals surface area (Å²) >= 11 is 0. The third-order valence-corrected chi connectivity index (χ3v) is 3.03. The van der Waals surface area contributed by atoms with Crippen LogP contribution in [0.2, 0.25) is 0 Å². The standard InChI is InChI=1S/C13H12F3NO3/c14-10-5-7(13(19)20)1-4-9(10)12(18)17(6-11(15)16)8-2-3-8/h1,4-5,8,11H,2-3,6H2,(H,19,20). The first-order valence-electron chi connectivity index (χ1n) is 6.02. The van der Waals surface area contributed by atoms with Gasteiger partial charge in [0.05, 0.1) is 17.7 Å². The number of amides is 1. The van der Waals surface area contributed by atoms with Crippen molar-refractivity contribution in [1.82, 2.24) is 4.90 Å². The van der Waals surface area contributed by atoms with Gasteiger partial charge in [0.2, 0.25) is 0 Å². The molecular weight excluding hydrogens is 275 g/mol. The summed E-state index contributed by atoms with van der Waals surface area (Å²) in [6.07, 6.45) is -1.46. The first-order chi connectivity index (χ1) is 9.40. The molecule has 1 aliphatic rings. The zero-order valence-electron chi connectivity index (χ0n) is 10.4. The smallest absolute Gasteiger partial charge is 0.335 e. The molecule has 0 unspecified atom stereocenters. The van der Waals surface area contributed by atoms with Crippen molar-refractivity contribution in [3.8, 4) is 0 Å². The van der Waals surface area contributed by atoms with Crippen LogP contribution in [0.25, 0.3) is 0 Å². The molecule has 0 heterocycles. The number of nitrogens with zero attached hydrogens (tertiary/aromatic N) is 1. The lowest BCUT2D eigenvalue weighted by atomic mass is 10.1. The minimum Gasteiger partial charge on any atom is -0.478 e. The molecule has 1 fully saturated rings. The zero-order valence-corrected chi connectivity index (χ0v) is 10.4. The second kappa shape index (κ2) is 5.52. The van der Waals surface area contributed by atoms with Crippen molar-refractivity contribution in [1.29, 1.82) is 0 Å². The van der Waals surface area contributed by atoms with Crippen molar-refractivity contribution >= 4 is 11.9 Å². The van der Waals surface area contributed by atoms with Gasteiger partial charge in [0.1, 0.15) is 5.82 Å². The molecule has 1 aromatic rings. The van der Waals surface area contributed by atoms with Gasteiger partial charge in [-0.1, -0.05) is 0 Å². The Morgan fingerprint density at radius 3 is 2.45 bits per heavy atom. The van der Waals surface area contributed by atoms with Gasteiger partial charge in [-0.3, -0.25) is 4.79 Å². The van der Waals surface area contributed by atoms with Crippen LogP contribution in [0.5, 0.6) is 0 Å². The summed E-state index contributed by atoms with van der Waals surface area (Å²) in [4.78, 5) is 23.7. The van der Waals surface area contributed by atoms with Crippen molar-refractivity contribution in [2.24, 2.45) is 0 Å². The number of aromatic carboxylic acids is 1. The molecule has 7 heteroatoms. The Morgan fingerprint density at radius 1 is 1.35 bits per heavy atom. The maximum Gasteiger partial charge on any atom is 0.335 e. The number of halogens is 3. The highest BCUT2D eigenvalue weighted by atomic mass is 19.3. The van der Waals surface area contributed by atoms with Crippen LogP contribution in [-0.4, -0.2) is 40.9 Å². The van der Waals surface area contributed by atoms with Crippen LogP contribution in [0.15, 0.2) is 18.2 Å². The van der Waals surface area contributed by atoms with E-state index in [1.165, 1.54) is 0 Å². The molecule has 2 rings (SSSR count). The fourth-order valence-corrected chi connectivity index (χ4v) is 1.91. The van der Waals surface area contributed by atoms with Crippen LogP contribution in [0, 0.1) is 5.82 Å². The number of alkyl halides is 2. The summed E-state index contributed by atoms with van der Waals surface area (Å²) in [7, 11) is 0. The Balaban J connectivity index is 2.25. The summed E-state index contributed by atoms with van der Waals surface area (Å²) in [6.45, 7) is -0.746. The van der Waals surface area contributed by atoms with Crippen LogP contribution >= 0.6 is 0 Å². The van der Waals surface area contributed by atoms with E-state index in [1.54, 1.807) is 0 Å². The average Bonchev–Trinajstić information content (AvgIpc) is 3.19. The lowest BCUT2D eigenvalue weighted by Crippen LogP contribution is -2.37. The monoisotopic (exact) mass is 287 g/mol. The molecule has 1 amide bonds. The molecule has 0 saturated heterocycles. The minimum atomic E-state index is -2.69. The molecule has 4 nitrogen and oxygen atoms in total. The van der Waals surface area contributed by atoms with Crippen molar-refractivity contribution in [3.63, 3.8) is 0 Å². The first-order valence-corrected chi connectivity index (χ1v) is 6.02. The van der Waals surface area contributed by atoms with E-state index in [9.17, 15) is 22.8 Å². The van der Waals surface area contributed by atoms with Crippen molar-refractivity contribution < 1.29 is 27.9 Å². The normalized spacial score (nSPS) is 14.4. The van der Waals surface area contributed by atoms with Crippen LogP contribution < -0.4 is 0 Å². The quantitative estimate of drug-likeness (QED) is 0.904. The SMILES string of the molecule is O=C(O)c1ccc(C(=O)N(CC(F)F)C2CC2)c(F)c1. The van der Waals surface area contributed by atoms with E-state index >= 15 is 0 Å². The molecule has 0 atom stereocenters. The number of hydrogen-bond acceptors (Lipinski definition) is 2. The van der Waals surface area contributed by atoms with E-state index < -0.39 is 30.7 Å². The van der Waals surface area contributed by atoms with Gasteiger partial charge in [0.25, 0.3) is 12.3 Å². The number of rotatable bonds is 5. The molecule has 108 valence electrons. The van der Waals surface area contributed by atoms with Gasteiger partial charge >= 0.3 is 5.97 Å². The van der Waals surface area contributed by atoms with E-state index in [0.717, 1.165) is 17.0 Å². The fourth-order valence-electron chi connectivity index (χ4n) is 1.91. The number of carboxylic acid groups (broad SMARTS) is 1. The fraction of sp³-hybridized carbons (Fsp3) is 0.385. The lowest BCUT2D eigenvalue weighted by Gasteiger charge is -2.22. The topological polar surface area (TPSA) is 57.6 Å². The molecule has 1 aliphatic carbocycles. The van der Waals surface area contributed by atoms with E-state index in [4.69, 9.17) is 5.11 Å². The second-order valence-corrected chi connectivity index (χ2v) is 4.58. The molecule has 1 aromatic carbocycles. The summed E-state index contributed by atoms with van der Waals surface area (Å²) in [5.41, 5.74) is -0.687. The van der Waals surface area contributed by atoms with Gasteiger partial charge in [-0.25, -0.2) is 18.0 Å². The summed E-state index contributed by atoms with van der Waals surface area (Å²) in [6, 6.07) is 2.52.